The highest BCUT2D eigenvalue weighted by atomic mass is 16.5. The second-order valence-corrected chi connectivity index (χ2v) is 7.32. The van der Waals surface area contributed by atoms with Gasteiger partial charge in [-0.3, -0.25) is 4.79 Å². The molecule has 0 amide bonds. The van der Waals surface area contributed by atoms with Crippen LogP contribution >= 0.6 is 0 Å². The zero-order valence-electron chi connectivity index (χ0n) is 15.0. The van der Waals surface area contributed by atoms with E-state index in [1.807, 2.05) is 25.3 Å². The SMILES string of the molecule is COc1ccc([C@@]23CC(C#N)C(=O)[C@@H](C)[C@@H]2CCc2cncnc23)cc1. The molecule has 0 saturated heterocycles. The lowest BCUT2D eigenvalue weighted by Gasteiger charge is -2.51. The number of ketones is 1. The Balaban J connectivity index is 1.96. The highest BCUT2D eigenvalue weighted by Gasteiger charge is 2.56. The van der Waals surface area contributed by atoms with Crippen LogP contribution in [0.3, 0.4) is 0 Å². The normalized spacial score (nSPS) is 30.0. The monoisotopic (exact) mass is 347 g/mol. The van der Waals surface area contributed by atoms with Crippen molar-refractivity contribution in [2.45, 2.75) is 31.6 Å². The van der Waals surface area contributed by atoms with E-state index in [-0.39, 0.29) is 17.6 Å². The molecule has 0 N–H and O–H groups in total. The Bertz CT molecular complexity index is 887. The van der Waals surface area contributed by atoms with Crippen LogP contribution in [0.1, 0.15) is 36.6 Å². The summed E-state index contributed by atoms with van der Waals surface area (Å²) < 4.78 is 5.31. The van der Waals surface area contributed by atoms with Crippen LogP contribution < -0.4 is 4.74 Å². The summed E-state index contributed by atoms with van der Waals surface area (Å²) >= 11 is 0. The van der Waals surface area contributed by atoms with E-state index in [2.05, 4.69) is 28.2 Å². The molecule has 1 fully saturated rings. The van der Waals surface area contributed by atoms with Crippen molar-refractivity contribution in [3.63, 3.8) is 0 Å². The molecule has 5 nitrogen and oxygen atoms in total. The lowest BCUT2D eigenvalue weighted by molar-refractivity contribution is -0.131. The van der Waals surface area contributed by atoms with Crippen LogP contribution in [-0.4, -0.2) is 22.9 Å². The maximum Gasteiger partial charge on any atom is 0.153 e. The van der Waals surface area contributed by atoms with E-state index in [0.717, 1.165) is 35.4 Å². The van der Waals surface area contributed by atoms with Crippen LogP contribution in [0.15, 0.2) is 36.8 Å². The van der Waals surface area contributed by atoms with Crippen LogP contribution in [0, 0.1) is 29.1 Å². The van der Waals surface area contributed by atoms with Crippen LogP contribution in [0.5, 0.6) is 5.75 Å². The fraction of sp³-hybridized carbons (Fsp3) is 0.429. The molecule has 0 radical (unpaired) electrons. The Labute approximate surface area is 153 Å². The van der Waals surface area contributed by atoms with Crippen LogP contribution in [-0.2, 0) is 16.6 Å². The fourth-order valence-electron chi connectivity index (χ4n) is 5.01. The van der Waals surface area contributed by atoms with Crippen molar-refractivity contribution in [3.8, 4) is 11.8 Å². The summed E-state index contributed by atoms with van der Waals surface area (Å²) in [6.07, 6.45) is 5.71. The minimum absolute atomic E-state index is 0.0687. The molecule has 132 valence electrons. The number of ether oxygens (including phenoxy) is 1. The average Bonchev–Trinajstić information content (AvgIpc) is 2.70. The number of Topliss-reactive ketones (excluding diaryl/α,β-unsaturated/α-hetero) is 1. The second-order valence-electron chi connectivity index (χ2n) is 7.32. The lowest BCUT2D eigenvalue weighted by atomic mass is 9.51. The Kier molecular flexibility index (Phi) is 3.99. The predicted molar refractivity (Wildman–Crippen MR) is 95.5 cm³/mol. The summed E-state index contributed by atoms with van der Waals surface area (Å²) in [5.41, 5.74) is 2.77. The molecule has 4 rings (SSSR count). The largest absolute Gasteiger partial charge is 0.497 e. The number of aryl methyl sites for hydroxylation is 1. The van der Waals surface area contributed by atoms with Gasteiger partial charge in [0.05, 0.1) is 18.9 Å². The van der Waals surface area contributed by atoms with Crippen molar-refractivity contribution in [2.75, 3.05) is 7.11 Å². The zero-order valence-corrected chi connectivity index (χ0v) is 15.0. The van der Waals surface area contributed by atoms with E-state index < -0.39 is 11.3 Å². The van der Waals surface area contributed by atoms with Gasteiger partial charge >= 0.3 is 0 Å². The third-order valence-electron chi connectivity index (χ3n) is 6.25. The standard InChI is InChI=1S/C21H21N3O2/c1-13-18-8-3-14-11-23-12-24-20(14)21(18,9-15(10-22)19(13)25)16-4-6-17(26-2)7-5-16/h4-7,11-13,15,18H,3,8-9H2,1-2H3/t13-,15?,18-,21-/m0/s1. The first kappa shape index (κ1) is 16.7. The van der Waals surface area contributed by atoms with Crippen LogP contribution in [0.2, 0.25) is 0 Å². The Morgan fingerprint density at radius 1 is 1.31 bits per heavy atom. The summed E-state index contributed by atoms with van der Waals surface area (Å²) in [6, 6.07) is 10.2. The molecular weight excluding hydrogens is 326 g/mol. The third kappa shape index (κ3) is 2.25. The van der Waals surface area contributed by atoms with Gasteiger partial charge in [-0.1, -0.05) is 19.1 Å². The molecule has 1 unspecified atom stereocenters. The molecule has 0 spiro atoms. The maximum atomic E-state index is 12.7. The van der Waals surface area contributed by atoms with Gasteiger partial charge in [-0.25, -0.2) is 9.97 Å². The number of nitriles is 1. The summed E-state index contributed by atoms with van der Waals surface area (Å²) in [5, 5.41) is 9.64. The van der Waals surface area contributed by atoms with E-state index in [4.69, 9.17) is 4.74 Å². The van der Waals surface area contributed by atoms with Gasteiger partial charge in [0.15, 0.2) is 5.78 Å². The molecule has 1 saturated carbocycles. The third-order valence-corrected chi connectivity index (χ3v) is 6.25. The summed E-state index contributed by atoms with van der Waals surface area (Å²) in [5.74, 6) is 0.217. The number of rotatable bonds is 2. The molecule has 2 aliphatic rings. The molecule has 1 aromatic heterocycles. The second kappa shape index (κ2) is 6.21. The molecule has 2 aromatic rings. The number of methoxy groups -OCH3 is 1. The molecule has 0 bridgehead atoms. The van der Waals surface area contributed by atoms with Crippen molar-refractivity contribution in [2.24, 2.45) is 17.8 Å². The van der Waals surface area contributed by atoms with Gasteiger partial charge in [0.1, 0.15) is 18.0 Å². The van der Waals surface area contributed by atoms with E-state index in [1.165, 1.54) is 0 Å². The molecule has 26 heavy (non-hydrogen) atoms. The molecule has 5 heteroatoms. The first-order valence-corrected chi connectivity index (χ1v) is 8.99. The number of benzene rings is 1. The van der Waals surface area contributed by atoms with Crippen molar-refractivity contribution < 1.29 is 9.53 Å². The quantitative estimate of drug-likeness (QED) is 0.834. The lowest BCUT2D eigenvalue weighted by Crippen LogP contribution is -2.53. The van der Waals surface area contributed by atoms with Gasteiger partial charge in [0.2, 0.25) is 0 Å². The van der Waals surface area contributed by atoms with Gasteiger partial charge < -0.3 is 4.74 Å². The zero-order chi connectivity index (χ0) is 18.3. The van der Waals surface area contributed by atoms with Crippen molar-refractivity contribution in [1.82, 2.24) is 9.97 Å². The fourth-order valence-corrected chi connectivity index (χ4v) is 5.01. The molecule has 4 atom stereocenters. The number of carbonyl (C=O) groups is 1. The van der Waals surface area contributed by atoms with Gasteiger partial charge in [0, 0.05) is 17.5 Å². The molecule has 2 aliphatic carbocycles. The van der Waals surface area contributed by atoms with E-state index in [0.29, 0.717) is 6.42 Å². The van der Waals surface area contributed by atoms with Gasteiger partial charge in [-0.15, -0.1) is 0 Å². The van der Waals surface area contributed by atoms with Gasteiger partial charge in [0.25, 0.3) is 0 Å². The Morgan fingerprint density at radius 3 is 2.77 bits per heavy atom. The summed E-state index contributed by atoms with van der Waals surface area (Å²) in [4.78, 5) is 21.6. The Hall–Kier alpha value is -2.74. The van der Waals surface area contributed by atoms with Crippen molar-refractivity contribution in [3.05, 3.63) is 53.6 Å². The number of hydrogen-bond acceptors (Lipinski definition) is 5. The number of aromatic nitrogens is 2. The van der Waals surface area contributed by atoms with Gasteiger partial charge in [-0.05, 0) is 48.4 Å². The Morgan fingerprint density at radius 2 is 2.08 bits per heavy atom. The van der Waals surface area contributed by atoms with Crippen molar-refractivity contribution >= 4 is 5.78 Å². The number of hydrogen-bond donors (Lipinski definition) is 0. The minimum Gasteiger partial charge on any atom is -0.497 e. The number of fused-ring (bicyclic) bond motifs is 3. The van der Waals surface area contributed by atoms with E-state index in [1.54, 1.807) is 13.4 Å². The maximum absolute atomic E-state index is 12.7. The predicted octanol–water partition coefficient (Wildman–Crippen LogP) is 3.08. The smallest absolute Gasteiger partial charge is 0.153 e. The first-order valence-electron chi connectivity index (χ1n) is 8.99. The first-order chi connectivity index (χ1) is 12.6. The van der Waals surface area contributed by atoms with Gasteiger partial charge in [-0.2, -0.15) is 5.26 Å². The van der Waals surface area contributed by atoms with E-state index >= 15 is 0 Å². The topological polar surface area (TPSA) is 75.9 Å². The van der Waals surface area contributed by atoms with E-state index in [9.17, 15) is 10.1 Å². The molecular formula is C21H21N3O2. The summed E-state index contributed by atoms with van der Waals surface area (Å²) in [6.45, 7) is 1.97. The number of nitrogens with zero attached hydrogens (tertiary/aromatic N) is 3. The highest BCUT2D eigenvalue weighted by Crippen LogP contribution is 2.55. The molecule has 1 heterocycles. The highest BCUT2D eigenvalue weighted by molar-refractivity contribution is 5.87. The van der Waals surface area contributed by atoms with Crippen LogP contribution in [0.4, 0.5) is 0 Å². The molecule has 0 aliphatic heterocycles. The summed E-state index contributed by atoms with van der Waals surface area (Å²) in [7, 11) is 1.65. The minimum atomic E-state index is -0.607. The van der Waals surface area contributed by atoms with Crippen molar-refractivity contribution in [1.29, 1.82) is 5.26 Å². The molecule has 1 aromatic carbocycles. The average molecular weight is 347 g/mol. The van der Waals surface area contributed by atoms with Crippen LogP contribution in [0.25, 0.3) is 0 Å². The number of carbonyl (C=O) groups excluding carboxylic acids is 1.